The van der Waals surface area contributed by atoms with Crippen LogP contribution in [0, 0.1) is 12.0 Å². The van der Waals surface area contributed by atoms with Gasteiger partial charge in [-0.25, -0.2) is 11.6 Å². The summed E-state index contributed by atoms with van der Waals surface area (Å²) in [5.74, 6) is 0.661. The molecule has 11 heavy (non-hydrogen) atoms. The van der Waals surface area contributed by atoms with E-state index < -0.39 is 0 Å². The van der Waals surface area contributed by atoms with Gasteiger partial charge in [-0.2, -0.15) is 6.08 Å². The van der Waals surface area contributed by atoms with Crippen LogP contribution in [0.3, 0.4) is 0 Å². The molecule has 0 unspecified atom stereocenters. The zero-order valence-corrected chi connectivity index (χ0v) is 8.26. The van der Waals surface area contributed by atoms with Crippen molar-refractivity contribution in [2.75, 3.05) is 0 Å². The molecule has 1 aliphatic carbocycles. The molecule has 0 heterocycles. The second-order valence-corrected chi connectivity index (χ2v) is 2.39. The average Bonchev–Trinajstić information content (AvgIpc) is 2.12. The molecule has 0 spiro atoms. The molecule has 3 heteroatoms. The number of hydrogen-bond donors (Lipinski definition) is 0. The van der Waals surface area contributed by atoms with Gasteiger partial charge in [0.15, 0.2) is 0 Å². The fourth-order valence-electron chi connectivity index (χ4n) is 0.818. The van der Waals surface area contributed by atoms with E-state index >= 15 is 0 Å². The molecule has 0 saturated heterocycles. The van der Waals surface area contributed by atoms with E-state index in [1.807, 2.05) is 0 Å². The van der Waals surface area contributed by atoms with E-state index in [-0.39, 0.29) is 31.1 Å². The summed E-state index contributed by atoms with van der Waals surface area (Å²) < 4.78 is 0. The Balaban J connectivity index is -0.000000213. The summed E-state index contributed by atoms with van der Waals surface area (Å²) in [4.78, 5) is 0. The topological polar surface area (TPSA) is 0 Å². The van der Waals surface area contributed by atoms with Gasteiger partial charge in [-0.05, 0) is 0 Å². The Hall–Kier alpha value is 0.0543. The summed E-state index contributed by atoms with van der Waals surface area (Å²) in [5, 5.41) is 0. The summed E-state index contributed by atoms with van der Waals surface area (Å²) in [7, 11) is 0. The van der Waals surface area contributed by atoms with Gasteiger partial charge in [0.1, 0.15) is 0 Å². The van der Waals surface area contributed by atoms with Gasteiger partial charge in [0.25, 0.3) is 0 Å². The molecule has 0 aromatic heterocycles. The molecule has 0 aliphatic heterocycles. The van der Waals surface area contributed by atoms with E-state index in [1.54, 1.807) is 0 Å². The standard InChI is InChI=1S/C8H11.2FH.Ti/c1-7(2)8-5-3-4-6-8;;;/h3,5,7H,4H2,1-2H3;2*1H;/q-1;;;+3/p-2. The van der Waals surface area contributed by atoms with Crippen LogP contribution in [0.25, 0.3) is 0 Å². The van der Waals surface area contributed by atoms with E-state index in [2.05, 4.69) is 32.1 Å². The van der Waals surface area contributed by atoms with Crippen molar-refractivity contribution in [3.63, 3.8) is 0 Å². The normalized spacial score (nSPS) is 12.8. The monoisotopic (exact) mass is 193 g/mol. The Morgan fingerprint density at radius 3 is 2.09 bits per heavy atom. The predicted octanol–water partition coefficient (Wildman–Crippen LogP) is -3.66. The summed E-state index contributed by atoms with van der Waals surface area (Å²) in [6.07, 6.45) is 8.59. The Labute approximate surface area is 81.4 Å². The molecule has 1 radical (unpaired) electrons. The summed E-state index contributed by atoms with van der Waals surface area (Å²) in [6, 6.07) is 0. The van der Waals surface area contributed by atoms with Crippen molar-refractivity contribution in [2.24, 2.45) is 5.92 Å². The average molecular weight is 193 g/mol. The van der Waals surface area contributed by atoms with Gasteiger partial charge in [-0.3, -0.25) is 6.08 Å². The van der Waals surface area contributed by atoms with Crippen molar-refractivity contribution in [1.82, 2.24) is 0 Å². The zero-order chi connectivity index (χ0) is 5.98. The van der Waals surface area contributed by atoms with Gasteiger partial charge < -0.3 is 9.41 Å². The Morgan fingerprint density at radius 1 is 1.36 bits per heavy atom. The summed E-state index contributed by atoms with van der Waals surface area (Å²) >= 11 is 0. The zero-order valence-electron chi connectivity index (χ0n) is 6.70. The van der Waals surface area contributed by atoms with Gasteiger partial charge in [-0.15, -0.1) is 6.42 Å². The molecule has 1 rings (SSSR count). The van der Waals surface area contributed by atoms with Crippen LogP contribution >= 0.6 is 0 Å². The number of halogens is 2. The first-order valence-electron chi connectivity index (χ1n) is 3.08. The van der Waals surface area contributed by atoms with E-state index in [9.17, 15) is 0 Å². The third-order valence-electron chi connectivity index (χ3n) is 1.34. The molecule has 0 nitrogen and oxygen atoms in total. The fraction of sp³-hybridized carbons (Fsp3) is 0.500. The van der Waals surface area contributed by atoms with Crippen LogP contribution in [0.4, 0.5) is 0 Å². The van der Waals surface area contributed by atoms with E-state index in [0.29, 0.717) is 5.92 Å². The third-order valence-corrected chi connectivity index (χ3v) is 1.34. The van der Waals surface area contributed by atoms with Crippen LogP contribution < -0.4 is 9.41 Å². The van der Waals surface area contributed by atoms with E-state index in [4.69, 9.17) is 0 Å². The molecule has 0 aromatic carbocycles. The van der Waals surface area contributed by atoms with Crippen LogP contribution in [0.2, 0.25) is 0 Å². The van der Waals surface area contributed by atoms with Gasteiger partial charge in [0.05, 0.1) is 0 Å². The second kappa shape index (κ2) is 8.15. The van der Waals surface area contributed by atoms with Gasteiger partial charge in [0.2, 0.25) is 0 Å². The fourth-order valence-corrected chi connectivity index (χ4v) is 0.818. The largest absolute Gasteiger partial charge is 3.00 e. The van der Waals surface area contributed by atoms with Crippen molar-refractivity contribution in [2.45, 2.75) is 20.3 Å². The van der Waals surface area contributed by atoms with Crippen molar-refractivity contribution in [3.8, 4) is 0 Å². The van der Waals surface area contributed by atoms with Crippen molar-refractivity contribution < 1.29 is 31.1 Å². The molecule has 0 amide bonds. The van der Waals surface area contributed by atoms with Crippen LogP contribution in [-0.4, -0.2) is 0 Å². The van der Waals surface area contributed by atoms with E-state index in [0.717, 1.165) is 6.42 Å². The minimum absolute atomic E-state index is 0. The number of rotatable bonds is 1. The van der Waals surface area contributed by atoms with Crippen molar-refractivity contribution >= 4 is 0 Å². The van der Waals surface area contributed by atoms with Gasteiger partial charge in [0, 0.05) is 0 Å². The SMILES string of the molecule is CC(C)C1=[C-]CC=C1.[F-].[F-].[Ti+3]. The van der Waals surface area contributed by atoms with Gasteiger partial charge >= 0.3 is 21.7 Å². The molecule has 61 valence electrons. The van der Waals surface area contributed by atoms with Crippen molar-refractivity contribution in [1.29, 1.82) is 0 Å². The molecule has 0 saturated carbocycles. The van der Waals surface area contributed by atoms with Crippen LogP contribution in [-0.2, 0) is 21.7 Å². The number of hydrogen-bond acceptors (Lipinski definition) is 0. The predicted molar refractivity (Wildman–Crippen MR) is 35.4 cm³/mol. The Morgan fingerprint density at radius 2 is 1.91 bits per heavy atom. The van der Waals surface area contributed by atoms with Gasteiger partial charge in [-0.1, -0.05) is 19.8 Å². The quantitative estimate of drug-likeness (QED) is 0.297. The maximum atomic E-state index is 3.26. The maximum absolute atomic E-state index is 3.26. The smallest absolute Gasteiger partial charge is 1.00 e. The van der Waals surface area contributed by atoms with Crippen LogP contribution in [0.5, 0.6) is 0 Å². The summed E-state index contributed by atoms with van der Waals surface area (Å²) in [6.45, 7) is 4.38. The van der Waals surface area contributed by atoms with E-state index in [1.165, 1.54) is 5.57 Å². The molecule has 0 N–H and O–H groups in total. The molecular formula is C8H11F2Ti. The third kappa shape index (κ3) is 5.34. The first-order valence-corrected chi connectivity index (χ1v) is 3.08. The molecule has 0 fully saturated rings. The van der Waals surface area contributed by atoms with Crippen LogP contribution in [0.1, 0.15) is 20.3 Å². The molecular weight excluding hydrogens is 182 g/mol. The first kappa shape index (κ1) is 17.2. The Bertz CT molecular complexity index is 139. The van der Waals surface area contributed by atoms with Crippen molar-refractivity contribution in [3.05, 3.63) is 23.8 Å². The van der Waals surface area contributed by atoms with Crippen LogP contribution in [0.15, 0.2) is 17.7 Å². The minimum atomic E-state index is 0. The molecule has 0 atom stereocenters. The maximum Gasteiger partial charge on any atom is 3.00 e. The minimum Gasteiger partial charge on any atom is -1.00 e. The molecule has 0 aromatic rings. The first-order chi connectivity index (χ1) is 3.80. The second-order valence-electron chi connectivity index (χ2n) is 2.39. The molecule has 0 bridgehead atoms. The number of allylic oxidation sites excluding steroid dienone is 4. The summed E-state index contributed by atoms with van der Waals surface area (Å²) in [5.41, 5.74) is 1.37. The molecule has 1 aliphatic rings. The Kier molecular flexibility index (Phi) is 12.8.